The molecule has 0 bridgehead atoms. The zero-order chi connectivity index (χ0) is 12.5. The normalized spacial score (nSPS) is 19.9. The molecule has 18 heavy (non-hydrogen) atoms. The van der Waals surface area contributed by atoms with Crippen molar-refractivity contribution in [2.75, 3.05) is 6.54 Å². The quantitative estimate of drug-likeness (QED) is 0.886. The summed E-state index contributed by atoms with van der Waals surface area (Å²) in [6.07, 6.45) is 6.87. The Bertz CT molecular complexity index is 416. The van der Waals surface area contributed by atoms with Gasteiger partial charge in [0, 0.05) is 37.7 Å². The van der Waals surface area contributed by atoms with Gasteiger partial charge in [-0.3, -0.25) is 0 Å². The Morgan fingerprint density at radius 1 is 1.39 bits per heavy atom. The molecule has 2 heterocycles. The lowest BCUT2D eigenvalue weighted by atomic mass is 9.83. The molecular formula is C15H25N3. The van der Waals surface area contributed by atoms with Gasteiger partial charge in [-0.05, 0) is 12.3 Å². The third-order valence-corrected chi connectivity index (χ3v) is 4.52. The second-order valence-electron chi connectivity index (χ2n) is 6.18. The van der Waals surface area contributed by atoms with E-state index in [1.807, 2.05) is 0 Å². The highest BCUT2D eigenvalue weighted by Crippen LogP contribution is 2.31. The number of hydrogen-bond acceptors (Lipinski definition) is 2. The van der Waals surface area contributed by atoms with E-state index in [0.29, 0.717) is 5.92 Å². The average Bonchev–Trinajstić information content (AvgIpc) is 2.66. The van der Waals surface area contributed by atoms with Crippen LogP contribution in [0.15, 0.2) is 0 Å². The van der Waals surface area contributed by atoms with Gasteiger partial charge in [-0.25, -0.2) is 4.98 Å². The van der Waals surface area contributed by atoms with E-state index < -0.39 is 0 Å². The van der Waals surface area contributed by atoms with Crippen LogP contribution in [0, 0.1) is 5.92 Å². The summed E-state index contributed by atoms with van der Waals surface area (Å²) in [5.41, 5.74) is 2.82. The van der Waals surface area contributed by atoms with Crippen LogP contribution in [0.1, 0.15) is 62.7 Å². The Balaban J connectivity index is 1.81. The second-order valence-corrected chi connectivity index (χ2v) is 6.18. The van der Waals surface area contributed by atoms with Crippen LogP contribution in [0.2, 0.25) is 0 Å². The van der Waals surface area contributed by atoms with Crippen LogP contribution in [0.5, 0.6) is 0 Å². The lowest BCUT2D eigenvalue weighted by Gasteiger charge is -2.26. The Kier molecular flexibility index (Phi) is 3.42. The fraction of sp³-hybridized carbons (Fsp3) is 0.800. The van der Waals surface area contributed by atoms with Gasteiger partial charge in [0.05, 0.1) is 5.69 Å². The van der Waals surface area contributed by atoms with E-state index in [1.165, 1.54) is 49.4 Å². The van der Waals surface area contributed by atoms with E-state index in [1.54, 1.807) is 0 Å². The van der Waals surface area contributed by atoms with Gasteiger partial charge in [-0.15, -0.1) is 0 Å². The summed E-state index contributed by atoms with van der Waals surface area (Å²) in [6.45, 7) is 7.80. The van der Waals surface area contributed by atoms with Crippen LogP contribution in [0.25, 0.3) is 0 Å². The topological polar surface area (TPSA) is 29.9 Å². The van der Waals surface area contributed by atoms with E-state index in [4.69, 9.17) is 4.98 Å². The average molecular weight is 247 g/mol. The van der Waals surface area contributed by atoms with Crippen molar-refractivity contribution in [2.24, 2.45) is 5.92 Å². The Morgan fingerprint density at radius 2 is 2.22 bits per heavy atom. The zero-order valence-electron chi connectivity index (χ0n) is 11.7. The fourth-order valence-corrected chi connectivity index (χ4v) is 3.18. The first-order valence-electron chi connectivity index (χ1n) is 7.54. The van der Waals surface area contributed by atoms with Gasteiger partial charge < -0.3 is 9.88 Å². The van der Waals surface area contributed by atoms with E-state index >= 15 is 0 Å². The third-order valence-electron chi connectivity index (χ3n) is 4.52. The van der Waals surface area contributed by atoms with Gasteiger partial charge in [0.1, 0.15) is 5.82 Å². The maximum absolute atomic E-state index is 4.87. The summed E-state index contributed by atoms with van der Waals surface area (Å²) in [6, 6.07) is 0. The van der Waals surface area contributed by atoms with E-state index in [9.17, 15) is 0 Å². The first-order chi connectivity index (χ1) is 8.75. The first-order valence-corrected chi connectivity index (χ1v) is 7.54. The molecule has 1 N–H and O–H groups in total. The van der Waals surface area contributed by atoms with Crippen molar-refractivity contribution in [1.82, 2.24) is 14.9 Å². The van der Waals surface area contributed by atoms with Gasteiger partial charge in [-0.2, -0.15) is 0 Å². The van der Waals surface area contributed by atoms with Crippen molar-refractivity contribution in [1.29, 1.82) is 0 Å². The highest BCUT2D eigenvalue weighted by atomic mass is 15.1. The van der Waals surface area contributed by atoms with Crippen LogP contribution in [-0.4, -0.2) is 16.1 Å². The summed E-state index contributed by atoms with van der Waals surface area (Å²) in [5.74, 6) is 2.84. The molecule has 100 valence electrons. The molecule has 1 saturated carbocycles. The molecule has 1 aromatic heterocycles. The van der Waals surface area contributed by atoms with Crippen LogP contribution in [0.3, 0.4) is 0 Å². The van der Waals surface area contributed by atoms with Crippen LogP contribution >= 0.6 is 0 Å². The standard InChI is InChI=1S/C15H25N3/c1-11(2)15-17-13-10-16-8-6-14(13)18(15)9-7-12-4-3-5-12/h11-12,16H,3-10H2,1-2H3. The van der Waals surface area contributed by atoms with Crippen LogP contribution in [-0.2, 0) is 19.5 Å². The number of fused-ring (bicyclic) bond motifs is 1. The lowest BCUT2D eigenvalue weighted by molar-refractivity contribution is 0.279. The molecule has 0 radical (unpaired) electrons. The molecular weight excluding hydrogens is 222 g/mol. The molecule has 0 atom stereocenters. The molecule has 0 unspecified atom stereocenters. The van der Waals surface area contributed by atoms with Gasteiger partial charge >= 0.3 is 0 Å². The van der Waals surface area contributed by atoms with Crippen LogP contribution < -0.4 is 5.32 Å². The van der Waals surface area contributed by atoms with Gasteiger partial charge in [-0.1, -0.05) is 33.1 Å². The predicted molar refractivity (Wildman–Crippen MR) is 73.7 cm³/mol. The smallest absolute Gasteiger partial charge is 0.111 e. The predicted octanol–water partition coefficient (Wildman–Crippen LogP) is 2.84. The van der Waals surface area contributed by atoms with Crippen molar-refractivity contribution in [2.45, 2.75) is 65.0 Å². The van der Waals surface area contributed by atoms with Crippen LogP contribution in [0.4, 0.5) is 0 Å². The van der Waals surface area contributed by atoms with Gasteiger partial charge in [0.15, 0.2) is 0 Å². The molecule has 0 amide bonds. The van der Waals surface area contributed by atoms with Crippen molar-refractivity contribution in [3.8, 4) is 0 Å². The molecule has 0 spiro atoms. The maximum atomic E-state index is 4.87. The molecule has 3 rings (SSSR count). The molecule has 1 fully saturated rings. The zero-order valence-corrected chi connectivity index (χ0v) is 11.7. The Hall–Kier alpha value is -0.830. The largest absolute Gasteiger partial charge is 0.331 e. The minimum absolute atomic E-state index is 0.539. The molecule has 1 aromatic rings. The molecule has 0 saturated heterocycles. The summed E-state index contributed by atoms with van der Waals surface area (Å²) < 4.78 is 2.54. The van der Waals surface area contributed by atoms with Gasteiger partial charge in [0.2, 0.25) is 0 Å². The Labute approximate surface area is 110 Å². The number of aromatic nitrogens is 2. The number of nitrogens with zero attached hydrogens (tertiary/aromatic N) is 2. The number of imidazole rings is 1. The molecule has 0 aromatic carbocycles. The molecule has 1 aliphatic carbocycles. The van der Waals surface area contributed by atoms with E-state index in [2.05, 4.69) is 23.7 Å². The van der Waals surface area contributed by atoms with E-state index in [0.717, 1.165) is 25.4 Å². The Morgan fingerprint density at radius 3 is 2.89 bits per heavy atom. The molecule has 3 heteroatoms. The molecule has 2 aliphatic rings. The summed E-state index contributed by atoms with van der Waals surface area (Å²) >= 11 is 0. The van der Waals surface area contributed by atoms with Crippen molar-refractivity contribution < 1.29 is 0 Å². The minimum atomic E-state index is 0.539. The first kappa shape index (κ1) is 12.2. The maximum Gasteiger partial charge on any atom is 0.111 e. The summed E-state index contributed by atoms with van der Waals surface area (Å²) in [7, 11) is 0. The summed E-state index contributed by atoms with van der Waals surface area (Å²) in [5, 5.41) is 3.43. The number of nitrogens with one attached hydrogen (secondary N) is 1. The highest BCUT2D eigenvalue weighted by Gasteiger charge is 2.23. The second kappa shape index (κ2) is 5.04. The molecule has 3 nitrogen and oxygen atoms in total. The van der Waals surface area contributed by atoms with Crippen molar-refractivity contribution in [3.63, 3.8) is 0 Å². The molecule has 1 aliphatic heterocycles. The fourth-order valence-electron chi connectivity index (χ4n) is 3.18. The minimum Gasteiger partial charge on any atom is -0.331 e. The lowest BCUT2D eigenvalue weighted by Crippen LogP contribution is -2.25. The SMILES string of the molecule is CC(C)c1nc2c(n1CCC1CCC1)CCNC2. The number of rotatable bonds is 4. The van der Waals surface area contributed by atoms with Crippen molar-refractivity contribution in [3.05, 3.63) is 17.2 Å². The van der Waals surface area contributed by atoms with E-state index in [-0.39, 0.29) is 0 Å². The highest BCUT2D eigenvalue weighted by molar-refractivity contribution is 5.21. The number of hydrogen-bond donors (Lipinski definition) is 1. The van der Waals surface area contributed by atoms with Crippen molar-refractivity contribution >= 4 is 0 Å². The van der Waals surface area contributed by atoms with Gasteiger partial charge in [0.25, 0.3) is 0 Å². The summed E-state index contributed by atoms with van der Waals surface area (Å²) in [4.78, 5) is 4.87. The third kappa shape index (κ3) is 2.20. The monoisotopic (exact) mass is 247 g/mol.